The first-order chi connectivity index (χ1) is 11.4. The normalized spacial score (nSPS) is 11.7. The summed E-state index contributed by atoms with van der Waals surface area (Å²) in [4.78, 5) is 24.1. The van der Waals surface area contributed by atoms with Crippen molar-refractivity contribution in [3.63, 3.8) is 0 Å². The summed E-state index contributed by atoms with van der Waals surface area (Å²) in [5, 5.41) is 6.10. The van der Waals surface area contributed by atoms with Crippen molar-refractivity contribution in [1.29, 1.82) is 0 Å². The highest BCUT2D eigenvalue weighted by Gasteiger charge is 2.12. The monoisotopic (exact) mass is 344 g/mol. The van der Waals surface area contributed by atoms with Crippen molar-refractivity contribution in [2.45, 2.75) is 26.8 Å². The highest BCUT2D eigenvalue weighted by Crippen LogP contribution is 2.17. The fourth-order valence-electron chi connectivity index (χ4n) is 2.30. The third kappa shape index (κ3) is 4.83. The predicted molar refractivity (Wildman–Crippen MR) is 96.3 cm³/mol. The predicted octanol–water partition coefficient (Wildman–Crippen LogP) is 3.56. The highest BCUT2D eigenvalue weighted by molar-refractivity contribution is 6.30. The fraction of sp³-hybridized carbons (Fsp3) is 0.263. The SMILES string of the molecule is Cc1ccc(C(=O)NCC(=O)NC(C)c2cccc(Cl)c2)cc1C. The molecule has 2 aromatic rings. The van der Waals surface area contributed by atoms with E-state index in [-0.39, 0.29) is 24.4 Å². The molecule has 2 aromatic carbocycles. The van der Waals surface area contributed by atoms with E-state index in [1.807, 2.05) is 45.0 Å². The lowest BCUT2D eigenvalue weighted by Gasteiger charge is -2.15. The van der Waals surface area contributed by atoms with Crippen LogP contribution in [0.3, 0.4) is 0 Å². The van der Waals surface area contributed by atoms with Gasteiger partial charge in [-0.15, -0.1) is 0 Å². The van der Waals surface area contributed by atoms with Gasteiger partial charge in [0.1, 0.15) is 0 Å². The second-order valence-corrected chi connectivity index (χ2v) is 6.26. The topological polar surface area (TPSA) is 58.2 Å². The van der Waals surface area contributed by atoms with Crippen LogP contribution in [0.1, 0.15) is 40.0 Å². The maximum atomic E-state index is 12.1. The number of aryl methyl sites for hydroxylation is 2. The molecule has 2 N–H and O–H groups in total. The molecular formula is C19H21ClN2O2. The lowest BCUT2D eigenvalue weighted by molar-refractivity contribution is -0.120. The number of hydrogen-bond acceptors (Lipinski definition) is 2. The summed E-state index contributed by atoms with van der Waals surface area (Å²) in [6, 6.07) is 12.6. The molecule has 0 aromatic heterocycles. The van der Waals surface area contributed by atoms with Gasteiger partial charge < -0.3 is 10.6 Å². The number of rotatable bonds is 5. The molecule has 0 fully saturated rings. The molecule has 1 atom stereocenters. The van der Waals surface area contributed by atoms with Crippen LogP contribution in [0.25, 0.3) is 0 Å². The average Bonchev–Trinajstić information content (AvgIpc) is 2.55. The molecule has 24 heavy (non-hydrogen) atoms. The molecule has 0 aliphatic rings. The molecule has 0 saturated carbocycles. The molecule has 2 rings (SSSR count). The van der Waals surface area contributed by atoms with E-state index in [4.69, 9.17) is 11.6 Å². The Hall–Kier alpha value is -2.33. The summed E-state index contributed by atoms with van der Waals surface area (Å²) in [7, 11) is 0. The number of carbonyl (C=O) groups is 2. The average molecular weight is 345 g/mol. The Balaban J connectivity index is 1.88. The van der Waals surface area contributed by atoms with Crippen molar-refractivity contribution in [3.05, 3.63) is 69.7 Å². The summed E-state index contributed by atoms with van der Waals surface area (Å²) in [6.07, 6.45) is 0. The number of benzene rings is 2. The van der Waals surface area contributed by atoms with Gasteiger partial charge in [0.15, 0.2) is 0 Å². The Morgan fingerprint density at radius 1 is 1.08 bits per heavy atom. The number of hydrogen-bond donors (Lipinski definition) is 2. The van der Waals surface area contributed by atoms with Crippen molar-refractivity contribution in [3.8, 4) is 0 Å². The smallest absolute Gasteiger partial charge is 0.251 e. The van der Waals surface area contributed by atoms with Crippen LogP contribution in [-0.2, 0) is 4.79 Å². The lowest BCUT2D eigenvalue weighted by atomic mass is 10.1. The van der Waals surface area contributed by atoms with Crippen LogP contribution >= 0.6 is 11.6 Å². The van der Waals surface area contributed by atoms with Gasteiger partial charge in [-0.3, -0.25) is 9.59 Å². The van der Waals surface area contributed by atoms with E-state index in [2.05, 4.69) is 10.6 Å². The molecule has 2 amide bonds. The maximum absolute atomic E-state index is 12.1. The second kappa shape index (κ2) is 7.97. The summed E-state index contributed by atoms with van der Waals surface area (Å²) in [5.74, 6) is -0.511. The van der Waals surface area contributed by atoms with Crippen LogP contribution in [0.2, 0.25) is 5.02 Å². The van der Waals surface area contributed by atoms with E-state index in [0.29, 0.717) is 10.6 Å². The number of nitrogens with one attached hydrogen (secondary N) is 2. The van der Waals surface area contributed by atoms with E-state index in [0.717, 1.165) is 16.7 Å². The van der Waals surface area contributed by atoms with Gasteiger partial charge in [0.05, 0.1) is 12.6 Å². The second-order valence-electron chi connectivity index (χ2n) is 5.83. The van der Waals surface area contributed by atoms with Gasteiger partial charge in [-0.05, 0) is 61.7 Å². The van der Waals surface area contributed by atoms with Crippen molar-refractivity contribution in [1.82, 2.24) is 10.6 Å². The van der Waals surface area contributed by atoms with Gasteiger partial charge in [0.25, 0.3) is 5.91 Å². The minimum Gasteiger partial charge on any atom is -0.348 e. The molecule has 5 heteroatoms. The Morgan fingerprint density at radius 3 is 2.50 bits per heavy atom. The molecule has 0 radical (unpaired) electrons. The van der Waals surface area contributed by atoms with E-state index in [9.17, 15) is 9.59 Å². The van der Waals surface area contributed by atoms with Gasteiger partial charge in [0.2, 0.25) is 5.91 Å². The zero-order valence-corrected chi connectivity index (χ0v) is 14.8. The van der Waals surface area contributed by atoms with E-state index < -0.39 is 0 Å². The Kier molecular flexibility index (Phi) is 5.99. The van der Waals surface area contributed by atoms with E-state index >= 15 is 0 Å². The third-order valence-corrected chi connectivity index (χ3v) is 4.14. The van der Waals surface area contributed by atoms with Crippen LogP contribution < -0.4 is 10.6 Å². The first kappa shape index (κ1) is 18.0. The zero-order valence-electron chi connectivity index (χ0n) is 14.0. The third-order valence-electron chi connectivity index (χ3n) is 3.90. The zero-order chi connectivity index (χ0) is 17.7. The minimum atomic E-state index is -0.261. The van der Waals surface area contributed by atoms with Crippen LogP contribution in [0.15, 0.2) is 42.5 Å². The maximum Gasteiger partial charge on any atom is 0.251 e. The standard InChI is InChI=1S/C19H21ClN2O2/c1-12-7-8-16(9-13(12)2)19(24)21-11-18(23)22-14(3)15-5-4-6-17(20)10-15/h4-10,14H,11H2,1-3H3,(H,21,24)(H,22,23). The molecule has 0 aliphatic heterocycles. The molecule has 4 nitrogen and oxygen atoms in total. The van der Waals surface area contributed by atoms with Gasteiger partial charge in [-0.1, -0.05) is 29.8 Å². The van der Waals surface area contributed by atoms with E-state index in [1.165, 1.54) is 0 Å². The largest absolute Gasteiger partial charge is 0.348 e. The first-order valence-electron chi connectivity index (χ1n) is 7.77. The van der Waals surface area contributed by atoms with Gasteiger partial charge in [0, 0.05) is 10.6 Å². The molecule has 0 heterocycles. The van der Waals surface area contributed by atoms with Gasteiger partial charge in [-0.25, -0.2) is 0 Å². The Morgan fingerprint density at radius 2 is 1.83 bits per heavy atom. The lowest BCUT2D eigenvalue weighted by Crippen LogP contribution is -2.38. The van der Waals surface area contributed by atoms with Gasteiger partial charge >= 0.3 is 0 Å². The summed E-state index contributed by atoms with van der Waals surface area (Å²) < 4.78 is 0. The van der Waals surface area contributed by atoms with Crippen LogP contribution in [0.4, 0.5) is 0 Å². The minimum absolute atomic E-state index is 0.0728. The molecule has 0 bridgehead atoms. The number of carbonyl (C=O) groups excluding carboxylic acids is 2. The molecule has 0 spiro atoms. The van der Waals surface area contributed by atoms with Crippen LogP contribution in [0.5, 0.6) is 0 Å². The first-order valence-corrected chi connectivity index (χ1v) is 8.15. The molecule has 1 unspecified atom stereocenters. The summed E-state index contributed by atoms with van der Waals surface area (Å²) >= 11 is 5.95. The Bertz CT molecular complexity index is 759. The molecule has 0 saturated heterocycles. The summed E-state index contributed by atoms with van der Waals surface area (Å²) in [6.45, 7) is 5.73. The van der Waals surface area contributed by atoms with Crippen molar-refractivity contribution >= 4 is 23.4 Å². The number of halogens is 1. The number of amides is 2. The van der Waals surface area contributed by atoms with Gasteiger partial charge in [-0.2, -0.15) is 0 Å². The highest BCUT2D eigenvalue weighted by atomic mass is 35.5. The van der Waals surface area contributed by atoms with Crippen LogP contribution in [-0.4, -0.2) is 18.4 Å². The molecular weight excluding hydrogens is 324 g/mol. The summed E-state index contributed by atoms with van der Waals surface area (Å²) in [5.41, 5.74) is 3.63. The van der Waals surface area contributed by atoms with Crippen LogP contribution in [0, 0.1) is 13.8 Å². The molecule has 0 aliphatic carbocycles. The molecule has 126 valence electrons. The van der Waals surface area contributed by atoms with Crippen molar-refractivity contribution in [2.75, 3.05) is 6.54 Å². The Labute approximate surface area is 147 Å². The van der Waals surface area contributed by atoms with E-state index in [1.54, 1.807) is 18.2 Å². The van der Waals surface area contributed by atoms with Crippen molar-refractivity contribution < 1.29 is 9.59 Å². The quantitative estimate of drug-likeness (QED) is 0.871. The fourth-order valence-corrected chi connectivity index (χ4v) is 2.50. The van der Waals surface area contributed by atoms with Crippen molar-refractivity contribution in [2.24, 2.45) is 0 Å².